The maximum absolute atomic E-state index is 13.4. The third-order valence-corrected chi connectivity index (χ3v) is 5.49. The topological polar surface area (TPSA) is 56.0 Å². The number of amides is 1. The first-order valence-corrected chi connectivity index (χ1v) is 9.97. The molecule has 0 saturated heterocycles. The number of nitrogens with zero attached hydrogens (tertiary/aromatic N) is 5. The van der Waals surface area contributed by atoms with Crippen LogP contribution >= 0.6 is 0 Å². The Kier molecular flexibility index (Phi) is 5.32. The van der Waals surface area contributed by atoms with E-state index in [2.05, 4.69) is 10.1 Å². The molecule has 0 N–H and O–H groups in total. The third kappa shape index (κ3) is 3.82. The number of fused-ring (bicyclic) bond motifs is 1. The van der Waals surface area contributed by atoms with Gasteiger partial charge in [0.25, 0.3) is 0 Å². The number of imidazole rings is 1. The summed E-state index contributed by atoms with van der Waals surface area (Å²) in [7, 11) is 0. The van der Waals surface area contributed by atoms with E-state index in [1.165, 1.54) is 23.6 Å². The van der Waals surface area contributed by atoms with Crippen LogP contribution in [0.3, 0.4) is 0 Å². The number of carbonyl (C=O) groups is 1. The maximum Gasteiger partial charge on any atom is 0.434 e. The lowest BCUT2D eigenvalue weighted by Gasteiger charge is -2.31. The van der Waals surface area contributed by atoms with Crippen molar-refractivity contribution in [3.63, 3.8) is 0 Å². The summed E-state index contributed by atoms with van der Waals surface area (Å²) in [6, 6.07) is 5.06. The van der Waals surface area contributed by atoms with Crippen LogP contribution in [0.5, 0.6) is 0 Å². The zero-order valence-electron chi connectivity index (χ0n) is 17.0. The zero-order valence-corrected chi connectivity index (χ0v) is 17.0. The molecular weight excluding hydrogens is 414 g/mol. The lowest BCUT2D eigenvalue weighted by Crippen LogP contribution is -2.40. The molecule has 2 aromatic heterocycles. The summed E-state index contributed by atoms with van der Waals surface area (Å²) in [6.07, 6.45) is -0.440. The molecule has 164 valence electrons. The van der Waals surface area contributed by atoms with Crippen LogP contribution in [0, 0.1) is 12.7 Å². The number of hydrogen-bond acceptors (Lipinski definition) is 3. The highest BCUT2D eigenvalue weighted by molar-refractivity contribution is 5.97. The van der Waals surface area contributed by atoms with Crippen LogP contribution in [0.25, 0.3) is 5.69 Å². The quantitative estimate of drug-likeness (QED) is 0.569. The van der Waals surface area contributed by atoms with Gasteiger partial charge in [-0.15, -0.1) is 0 Å². The van der Waals surface area contributed by atoms with Gasteiger partial charge in [0.15, 0.2) is 5.69 Å². The summed E-state index contributed by atoms with van der Waals surface area (Å²) in [5.74, 6) is -0.538. The Balaban J connectivity index is 1.67. The lowest BCUT2D eigenvalue weighted by molar-refractivity contribution is -0.141. The summed E-state index contributed by atoms with van der Waals surface area (Å²) in [5, 5.41) is 4.37. The Bertz CT molecular complexity index is 1100. The van der Waals surface area contributed by atoms with Gasteiger partial charge < -0.3 is 9.47 Å². The molecule has 0 radical (unpaired) electrons. The SMILES string of the molecule is CCC(C(=O)N1CCCc2c1cnn2-c1ccc(F)cc1)n1cc(C(F)(F)F)nc1C. The Morgan fingerprint density at radius 3 is 2.55 bits per heavy atom. The molecule has 3 aromatic rings. The molecule has 1 aromatic carbocycles. The van der Waals surface area contributed by atoms with Crippen LogP contribution < -0.4 is 4.90 Å². The second-order valence-electron chi connectivity index (χ2n) is 7.46. The highest BCUT2D eigenvalue weighted by atomic mass is 19.4. The van der Waals surface area contributed by atoms with Crippen LogP contribution in [-0.2, 0) is 17.4 Å². The number of anilines is 1. The van der Waals surface area contributed by atoms with Gasteiger partial charge in [0.1, 0.15) is 17.7 Å². The number of halogens is 4. The van der Waals surface area contributed by atoms with Crippen molar-refractivity contribution < 1.29 is 22.4 Å². The van der Waals surface area contributed by atoms with Gasteiger partial charge in [-0.25, -0.2) is 14.1 Å². The van der Waals surface area contributed by atoms with Crippen molar-refractivity contribution in [2.45, 2.75) is 45.3 Å². The minimum atomic E-state index is -4.58. The van der Waals surface area contributed by atoms with E-state index in [4.69, 9.17) is 0 Å². The highest BCUT2D eigenvalue weighted by Gasteiger charge is 2.37. The van der Waals surface area contributed by atoms with E-state index < -0.39 is 17.9 Å². The average Bonchev–Trinajstić information content (AvgIpc) is 3.33. The minimum Gasteiger partial charge on any atom is -0.322 e. The smallest absolute Gasteiger partial charge is 0.322 e. The Morgan fingerprint density at radius 2 is 1.94 bits per heavy atom. The van der Waals surface area contributed by atoms with Crippen LogP contribution in [0.15, 0.2) is 36.7 Å². The monoisotopic (exact) mass is 435 g/mol. The number of benzene rings is 1. The molecule has 10 heteroatoms. The lowest BCUT2D eigenvalue weighted by atomic mass is 10.1. The molecule has 0 fully saturated rings. The Morgan fingerprint density at radius 1 is 1.23 bits per heavy atom. The average molecular weight is 435 g/mol. The number of aromatic nitrogens is 4. The zero-order chi connectivity index (χ0) is 22.3. The number of aryl methyl sites for hydroxylation is 1. The summed E-state index contributed by atoms with van der Waals surface area (Å²) >= 11 is 0. The molecule has 1 aliphatic heterocycles. The third-order valence-electron chi connectivity index (χ3n) is 5.49. The molecule has 0 aliphatic carbocycles. The van der Waals surface area contributed by atoms with E-state index in [0.29, 0.717) is 37.2 Å². The van der Waals surface area contributed by atoms with Crippen molar-refractivity contribution in [2.24, 2.45) is 0 Å². The summed E-state index contributed by atoms with van der Waals surface area (Å²) < 4.78 is 55.5. The van der Waals surface area contributed by atoms with Gasteiger partial charge in [-0.05, 0) is 50.5 Å². The molecule has 4 rings (SSSR count). The van der Waals surface area contributed by atoms with Crippen molar-refractivity contribution in [1.29, 1.82) is 0 Å². The minimum absolute atomic E-state index is 0.131. The summed E-state index contributed by atoms with van der Waals surface area (Å²) in [6.45, 7) is 3.65. The predicted octanol–water partition coefficient (Wildman–Crippen LogP) is 4.47. The van der Waals surface area contributed by atoms with Gasteiger partial charge in [-0.2, -0.15) is 18.3 Å². The molecule has 1 atom stereocenters. The summed E-state index contributed by atoms with van der Waals surface area (Å²) in [4.78, 5) is 18.6. The van der Waals surface area contributed by atoms with Crippen molar-refractivity contribution >= 4 is 11.6 Å². The normalized spacial score (nSPS) is 15.1. The van der Waals surface area contributed by atoms with E-state index in [0.717, 1.165) is 11.9 Å². The second-order valence-corrected chi connectivity index (χ2v) is 7.46. The molecule has 6 nitrogen and oxygen atoms in total. The first-order valence-electron chi connectivity index (χ1n) is 9.97. The van der Waals surface area contributed by atoms with Crippen molar-refractivity contribution in [3.8, 4) is 5.69 Å². The van der Waals surface area contributed by atoms with E-state index in [1.807, 2.05) is 0 Å². The molecule has 1 aliphatic rings. The molecule has 1 amide bonds. The van der Waals surface area contributed by atoms with E-state index in [1.54, 1.807) is 34.8 Å². The molecule has 0 spiro atoms. The van der Waals surface area contributed by atoms with E-state index in [-0.39, 0.29) is 17.5 Å². The van der Waals surface area contributed by atoms with Crippen LogP contribution in [0.4, 0.5) is 23.2 Å². The van der Waals surface area contributed by atoms with Crippen molar-refractivity contribution in [2.75, 3.05) is 11.4 Å². The fraction of sp³-hybridized carbons (Fsp3) is 0.381. The van der Waals surface area contributed by atoms with E-state index >= 15 is 0 Å². The predicted molar refractivity (Wildman–Crippen MR) is 105 cm³/mol. The Hall–Kier alpha value is -3.17. The summed E-state index contributed by atoms with van der Waals surface area (Å²) in [5.41, 5.74) is 1.08. The van der Waals surface area contributed by atoms with Gasteiger partial charge in [0.2, 0.25) is 5.91 Å². The van der Waals surface area contributed by atoms with Crippen molar-refractivity contribution in [3.05, 3.63) is 59.7 Å². The largest absolute Gasteiger partial charge is 0.434 e. The second kappa shape index (κ2) is 7.82. The van der Waals surface area contributed by atoms with E-state index in [9.17, 15) is 22.4 Å². The molecule has 0 bridgehead atoms. The molecule has 3 heterocycles. The number of hydrogen-bond donors (Lipinski definition) is 0. The maximum atomic E-state index is 13.4. The molecule has 1 unspecified atom stereocenters. The standard InChI is InChI=1S/C21H21F4N5O/c1-3-16(29-12-19(21(23,24)25)27-13(29)2)20(31)28-10-4-5-17-18(28)11-26-30(17)15-8-6-14(22)7-9-15/h6-9,11-12,16H,3-5,10H2,1-2H3. The molecular formula is C21H21F4N5O. The van der Waals surface area contributed by atoms with Gasteiger partial charge in [-0.1, -0.05) is 6.92 Å². The van der Waals surface area contributed by atoms with Gasteiger partial charge >= 0.3 is 6.18 Å². The van der Waals surface area contributed by atoms with Crippen LogP contribution in [-0.4, -0.2) is 31.8 Å². The Labute approximate surface area is 176 Å². The highest BCUT2D eigenvalue weighted by Crippen LogP contribution is 2.33. The van der Waals surface area contributed by atoms with Crippen LogP contribution in [0.2, 0.25) is 0 Å². The van der Waals surface area contributed by atoms with Gasteiger partial charge in [0.05, 0.1) is 23.3 Å². The van der Waals surface area contributed by atoms with Crippen molar-refractivity contribution in [1.82, 2.24) is 19.3 Å². The first kappa shape index (κ1) is 21.1. The number of alkyl halides is 3. The molecule has 0 saturated carbocycles. The number of rotatable bonds is 4. The fourth-order valence-electron chi connectivity index (χ4n) is 3.99. The van der Waals surface area contributed by atoms with Gasteiger partial charge in [0, 0.05) is 12.7 Å². The first-order chi connectivity index (χ1) is 14.7. The van der Waals surface area contributed by atoms with Gasteiger partial charge in [-0.3, -0.25) is 4.79 Å². The fourth-order valence-corrected chi connectivity index (χ4v) is 3.99. The number of carbonyl (C=O) groups excluding carboxylic acids is 1. The van der Waals surface area contributed by atoms with Crippen LogP contribution in [0.1, 0.15) is 43.0 Å². The molecule has 31 heavy (non-hydrogen) atoms.